The Labute approximate surface area is 212 Å². The number of ether oxygens (including phenoxy) is 3. The van der Waals surface area contributed by atoms with E-state index in [1.807, 2.05) is 13.0 Å². The van der Waals surface area contributed by atoms with Crippen LogP contribution in [-0.4, -0.2) is 54.6 Å². The number of carbonyl (C=O) groups excluding carboxylic acids is 1. The van der Waals surface area contributed by atoms with Crippen molar-refractivity contribution >= 4 is 11.6 Å². The van der Waals surface area contributed by atoms with Crippen LogP contribution >= 0.6 is 0 Å². The summed E-state index contributed by atoms with van der Waals surface area (Å²) in [6, 6.07) is 9.10. The van der Waals surface area contributed by atoms with E-state index in [1.54, 1.807) is 25.3 Å². The van der Waals surface area contributed by atoms with E-state index in [0.29, 0.717) is 43.7 Å². The van der Waals surface area contributed by atoms with Crippen molar-refractivity contribution in [1.29, 1.82) is 0 Å². The van der Waals surface area contributed by atoms with Gasteiger partial charge in [0.1, 0.15) is 12.3 Å². The molecule has 196 valence electrons. The van der Waals surface area contributed by atoms with Crippen molar-refractivity contribution in [2.75, 3.05) is 38.9 Å². The molecule has 3 aromatic rings. The summed E-state index contributed by atoms with van der Waals surface area (Å²) in [6.07, 6.45) is -2.03. The zero-order valence-electron chi connectivity index (χ0n) is 20.5. The quantitative estimate of drug-likeness (QED) is 0.419. The zero-order chi connectivity index (χ0) is 26.4. The van der Waals surface area contributed by atoms with Gasteiger partial charge in [-0.1, -0.05) is 6.07 Å². The van der Waals surface area contributed by atoms with Gasteiger partial charge in [0.15, 0.2) is 0 Å². The highest BCUT2D eigenvalue weighted by Gasteiger charge is 2.33. The van der Waals surface area contributed by atoms with Gasteiger partial charge in [0, 0.05) is 48.9 Å². The smallest absolute Gasteiger partial charge is 0.433 e. The number of benzene rings is 1. The first-order valence-electron chi connectivity index (χ1n) is 11.8. The summed E-state index contributed by atoms with van der Waals surface area (Å²) in [5, 5.41) is 11.4. The number of hydrogen-bond donors (Lipinski definition) is 1. The molecular formula is C26H27F3N4O4. The molecule has 1 fully saturated rings. The fourth-order valence-electron chi connectivity index (χ4n) is 4.07. The molecule has 37 heavy (non-hydrogen) atoms. The van der Waals surface area contributed by atoms with Crippen LogP contribution in [0.25, 0.3) is 11.3 Å². The van der Waals surface area contributed by atoms with Crippen molar-refractivity contribution in [3.63, 3.8) is 0 Å². The number of alkyl halides is 3. The van der Waals surface area contributed by atoms with Crippen molar-refractivity contribution in [3.8, 4) is 17.1 Å². The Morgan fingerprint density at radius 1 is 1.11 bits per heavy atom. The lowest BCUT2D eigenvalue weighted by Gasteiger charge is -2.24. The fourth-order valence-corrected chi connectivity index (χ4v) is 4.07. The van der Waals surface area contributed by atoms with Gasteiger partial charge >= 0.3 is 6.18 Å². The Bertz CT molecular complexity index is 1250. The van der Waals surface area contributed by atoms with E-state index in [9.17, 15) is 18.0 Å². The molecule has 4 rings (SSSR count). The summed E-state index contributed by atoms with van der Waals surface area (Å²) in [7, 11) is 1.59. The lowest BCUT2D eigenvalue weighted by molar-refractivity contribution is -0.141. The summed E-state index contributed by atoms with van der Waals surface area (Å²) in [4.78, 5) is 16.0. The van der Waals surface area contributed by atoms with E-state index in [-0.39, 0.29) is 11.5 Å². The number of aromatic nitrogens is 3. The molecule has 3 heterocycles. The second-order valence-corrected chi connectivity index (χ2v) is 8.63. The highest BCUT2D eigenvalue weighted by molar-refractivity contribution is 6.04. The first kappa shape index (κ1) is 26.5. The van der Waals surface area contributed by atoms with E-state index in [1.165, 1.54) is 6.07 Å². The first-order chi connectivity index (χ1) is 17.8. The largest absolute Gasteiger partial charge is 0.474 e. The average Bonchev–Trinajstić information content (AvgIpc) is 2.90. The number of halogens is 3. The SMILES string of the molecule is COCCOc1nnc(-c2cc(NC(=O)c3ccnc(C(F)(F)F)c3)ccc2C)cc1C1CCOCC1. The van der Waals surface area contributed by atoms with Crippen LogP contribution in [0.1, 0.15) is 45.9 Å². The Morgan fingerprint density at radius 2 is 1.89 bits per heavy atom. The van der Waals surface area contributed by atoms with E-state index in [0.717, 1.165) is 41.8 Å². The molecule has 1 N–H and O–H groups in total. The molecule has 0 atom stereocenters. The Kier molecular flexibility index (Phi) is 8.34. The highest BCUT2D eigenvalue weighted by Crippen LogP contribution is 2.35. The molecule has 0 radical (unpaired) electrons. The molecule has 0 spiro atoms. The Balaban J connectivity index is 1.61. The maximum atomic E-state index is 13.0. The lowest BCUT2D eigenvalue weighted by Crippen LogP contribution is -2.17. The lowest BCUT2D eigenvalue weighted by atomic mass is 9.91. The van der Waals surface area contributed by atoms with Crippen molar-refractivity contribution in [2.45, 2.75) is 31.9 Å². The molecule has 0 aliphatic carbocycles. The van der Waals surface area contributed by atoms with Crippen molar-refractivity contribution in [3.05, 3.63) is 65.0 Å². The van der Waals surface area contributed by atoms with Gasteiger partial charge < -0.3 is 19.5 Å². The third-order valence-corrected chi connectivity index (χ3v) is 6.06. The predicted octanol–water partition coefficient (Wildman–Crippen LogP) is 5.04. The maximum Gasteiger partial charge on any atom is 0.433 e. The third kappa shape index (κ3) is 6.60. The monoisotopic (exact) mass is 516 g/mol. The minimum atomic E-state index is -4.65. The number of rotatable bonds is 8. The summed E-state index contributed by atoms with van der Waals surface area (Å²) in [6.45, 7) is 3.95. The number of methoxy groups -OCH3 is 1. The molecule has 0 unspecified atom stereocenters. The maximum absolute atomic E-state index is 13.0. The normalized spacial score (nSPS) is 14.4. The van der Waals surface area contributed by atoms with Gasteiger partial charge in [-0.2, -0.15) is 13.2 Å². The number of carbonyl (C=O) groups is 1. The van der Waals surface area contributed by atoms with Gasteiger partial charge in [0.2, 0.25) is 5.88 Å². The number of nitrogens with one attached hydrogen (secondary N) is 1. The second kappa shape index (κ2) is 11.7. The molecule has 8 nitrogen and oxygen atoms in total. The van der Waals surface area contributed by atoms with Crippen LogP contribution in [0, 0.1) is 6.92 Å². The van der Waals surface area contributed by atoms with Gasteiger partial charge in [0.05, 0.1) is 12.3 Å². The van der Waals surface area contributed by atoms with Gasteiger partial charge in [-0.3, -0.25) is 9.78 Å². The van der Waals surface area contributed by atoms with Crippen molar-refractivity contribution in [1.82, 2.24) is 15.2 Å². The van der Waals surface area contributed by atoms with Crippen LogP contribution in [0.15, 0.2) is 42.6 Å². The molecule has 1 amide bonds. The topological polar surface area (TPSA) is 95.5 Å². The standard InChI is InChI=1S/C26H27F3N4O4/c1-16-3-4-19(31-24(34)18-5-8-30-23(13-18)26(27,28)29)14-20(16)22-15-21(17-6-9-36-10-7-17)25(33-32-22)37-12-11-35-2/h3-5,8,13-15,17H,6-7,9-12H2,1-2H3,(H,31,34). The van der Waals surface area contributed by atoms with Gasteiger partial charge in [-0.05, 0) is 61.6 Å². The molecule has 11 heteroatoms. The van der Waals surface area contributed by atoms with Gasteiger partial charge in [-0.15, -0.1) is 10.2 Å². The average molecular weight is 517 g/mol. The van der Waals surface area contributed by atoms with Crippen molar-refractivity contribution in [2.24, 2.45) is 0 Å². The van der Waals surface area contributed by atoms with Gasteiger partial charge in [0.25, 0.3) is 5.91 Å². The molecule has 1 aliphatic heterocycles. The molecule has 0 saturated carbocycles. The van der Waals surface area contributed by atoms with E-state index < -0.39 is 17.8 Å². The molecule has 1 aliphatic rings. The number of anilines is 1. The van der Waals surface area contributed by atoms with E-state index >= 15 is 0 Å². The number of aryl methyl sites for hydroxylation is 1. The number of amides is 1. The van der Waals surface area contributed by atoms with Gasteiger partial charge in [-0.25, -0.2) is 0 Å². The number of pyridine rings is 1. The van der Waals surface area contributed by atoms with Crippen LogP contribution in [-0.2, 0) is 15.7 Å². The number of hydrogen-bond acceptors (Lipinski definition) is 7. The zero-order valence-corrected chi connectivity index (χ0v) is 20.5. The van der Waals surface area contributed by atoms with Crippen LogP contribution in [0.4, 0.5) is 18.9 Å². The van der Waals surface area contributed by atoms with Crippen LogP contribution in [0.3, 0.4) is 0 Å². The summed E-state index contributed by atoms with van der Waals surface area (Å²) >= 11 is 0. The fraction of sp³-hybridized carbons (Fsp3) is 0.385. The Hall–Kier alpha value is -3.57. The molecule has 2 aromatic heterocycles. The minimum Gasteiger partial charge on any atom is -0.474 e. The van der Waals surface area contributed by atoms with Crippen LogP contribution < -0.4 is 10.1 Å². The van der Waals surface area contributed by atoms with E-state index in [4.69, 9.17) is 14.2 Å². The molecule has 1 saturated heterocycles. The van der Waals surface area contributed by atoms with Crippen LogP contribution in [0.5, 0.6) is 5.88 Å². The highest BCUT2D eigenvalue weighted by atomic mass is 19.4. The summed E-state index contributed by atoms with van der Waals surface area (Å²) in [5.41, 5.74) is 2.27. The minimum absolute atomic E-state index is 0.149. The Morgan fingerprint density at radius 3 is 2.62 bits per heavy atom. The predicted molar refractivity (Wildman–Crippen MR) is 130 cm³/mol. The molecule has 0 bridgehead atoms. The second-order valence-electron chi connectivity index (χ2n) is 8.63. The molecule has 1 aromatic carbocycles. The summed E-state index contributed by atoms with van der Waals surface area (Å²) < 4.78 is 55.4. The first-order valence-corrected chi connectivity index (χ1v) is 11.8. The van der Waals surface area contributed by atoms with Crippen molar-refractivity contribution < 1.29 is 32.2 Å². The van der Waals surface area contributed by atoms with E-state index in [2.05, 4.69) is 20.5 Å². The number of nitrogens with zero attached hydrogens (tertiary/aromatic N) is 3. The van der Waals surface area contributed by atoms with Crippen LogP contribution in [0.2, 0.25) is 0 Å². The molecular weight excluding hydrogens is 489 g/mol. The summed E-state index contributed by atoms with van der Waals surface area (Å²) in [5.74, 6) is -0.0372. The third-order valence-electron chi connectivity index (χ3n) is 6.06.